The number of aryl methyl sites for hydroxylation is 1. The number of ether oxygens (including phenoxy) is 1. The van der Waals surface area contributed by atoms with Gasteiger partial charge < -0.3 is 9.64 Å². The number of alkyl halides is 1. The molecule has 0 bridgehead atoms. The minimum absolute atomic E-state index is 0.0506. The predicted octanol–water partition coefficient (Wildman–Crippen LogP) is 2.54. The second-order valence-electron chi connectivity index (χ2n) is 4.40. The van der Waals surface area contributed by atoms with Gasteiger partial charge in [-0.15, -0.1) is 22.9 Å². The van der Waals surface area contributed by atoms with Crippen LogP contribution in [-0.2, 0) is 16.0 Å². The van der Waals surface area contributed by atoms with Crippen LogP contribution in [0.4, 0.5) is 0 Å². The number of thiophene rings is 1. The van der Waals surface area contributed by atoms with Crippen molar-refractivity contribution in [2.75, 3.05) is 25.6 Å². The summed E-state index contributed by atoms with van der Waals surface area (Å²) in [5, 5.41) is 2.07. The zero-order valence-corrected chi connectivity index (χ0v) is 11.9. The fourth-order valence-electron chi connectivity index (χ4n) is 2.12. The molecule has 1 fully saturated rings. The number of hydrogen-bond donors (Lipinski definition) is 0. The molecule has 18 heavy (non-hydrogen) atoms. The second kappa shape index (κ2) is 7.12. The highest BCUT2D eigenvalue weighted by molar-refractivity contribution is 7.09. The van der Waals surface area contributed by atoms with Crippen LogP contribution in [0.25, 0.3) is 0 Å². The van der Waals surface area contributed by atoms with E-state index >= 15 is 0 Å². The lowest BCUT2D eigenvalue weighted by Crippen LogP contribution is -2.49. The quantitative estimate of drug-likeness (QED) is 0.779. The number of hydrogen-bond acceptors (Lipinski definition) is 3. The van der Waals surface area contributed by atoms with Crippen molar-refractivity contribution in [2.45, 2.75) is 25.3 Å². The number of morpholine rings is 1. The van der Waals surface area contributed by atoms with E-state index in [4.69, 9.17) is 16.3 Å². The molecule has 1 amide bonds. The minimum atomic E-state index is 0.0506. The number of amides is 1. The second-order valence-corrected chi connectivity index (χ2v) is 5.74. The van der Waals surface area contributed by atoms with Gasteiger partial charge in [0.2, 0.25) is 5.91 Å². The first kappa shape index (κ1) is 13.8. The summed E-state index contributed by atoms with van der Waals surface area (Å²) in [5.41, 5.74) is 0. The standard InChI is InChI=1S/C13H18ClNO2S/c14-9-11-10-17-7-6-15(11)13(16)5-1-3-12-4-2-8-18-12/h2,4,8,11H,1,3,5-7,9-10H2. The SMILES string of the molecule is O=C(CCCc1cccs1)N1CCOCC1CCl. The molecule has 0 radical (unpaired) electrons. The summed E-state index contributed by atoms with van der Waals surface area (Å²) in [5.74, 6) is 0.664. The van der Waals surface area contributed by atoms with Crippen molar-refractivity contribution in [1.82, 2.24) is 4.90 Å². The van der Waals surface area contributed by atoms with Crippen molar-refractivity contribution < 1.29 is 9.53 Å². The normalized spacial score (nSPS) is 20.1. The Kier molecular flexibility index (Phi) is 5.47. The summed E-state index contributed by atoms with van der Waals surface area (Å²) in [6.45, 7) is 1.87. The van der Waals surface area contributed by atoms with Gasteiger partial charge in [-0.2, -0.15) is 0 Å². The van der Waals surface area contributed by atoms with Gasteiger partial charge in [-0.25, -0.2) is 0 Å². The molecule has 1 aliphatic rings. The molecule has 0 N–H and O–H groups in total. The monoisotopic (exact) mass is 287 g/mol. The van der Waals surface area contributed by atoms with E-state index in [1.807, 2.05) is 11.0 Å². The molecule has 5 heteroatoms. The molecule has 1 atom stereocenters. The van der Waals surface area contributed by atoms with Crippen molar-refractivity contribution in [3.63, 3.8) is 0 Å². The Balaban J connectivity index is 1.76. The van der Waals surface area contributed by atoms with E-state index in [2.05, 4.69) is 11.4 Å². The average molecular weight is 288 g/mol. The van der Waals surface area contributed by atoms with Crippen LogP contribution in [0, 0.1) is 0 Å². The molecular weight excluding hydrogens is 270 g/mol. The van der Waals surface area contributed by atoms with Crippen LogP contribution < -0.4 is 0 Å². The molecule has 1 aliphatic heterocycles. The smallest absolute Gasteiger partial charge is 0.223 e. The van der Waals surface area contributed by atoms with Crippen molar-refractivity contribution >= 4 is 28.8 Å². The third-order valence-electron chi connectivity index (χ3n) is 3.12. The molecule has 0 saturated carbocycles. The molecule has 0 aliphatic carbocycles. The van der Waals surface area contributed by atoms with Crippen LogP contribution in [0.15, 0.2) is 17.5 Å². The van der Waals surface area contributed by atoms with Crippen LogP contribution in [0.5, 0.6) is 0 Å². The highest BCUT2D eigenvalue weighted by Gasteiger charge is 2.25. The predicted molar refractivity (Wildman–Crippen MR) is 74.3 cm³/mol. The maximum Gasteiger partial charge on any atom is 0.223 e. The lowest BCUT2D eigenvalue weighted by molar-refractivity contribution is -0.139. The fourth-order valence-corrected chi connectivity index (χ4v) is 3.13. The van der Waals surface area contributed by atoms with Gasteiger partial charge >= 0.3 is 0 Å². The highest BCUT2D eigenvalue weighted by atomic mass is 35.5. The van der Waals surface area contributed by atoms with Crippen LogP contribution in [0.3, 0.4) is 0 Å². The number of rotatable bonds is 5. The molecule has 1 saturated heterocycles. The molecule has 100 valence electrons. The van der Waals surface area contributed by atoms with Gasteiger partial charge in [-0.1, -0.05) is 6.07 Å². The number of carbonyl (C=O) groups excluding carboxylic acids is 1. The molecule has 1 aromatic rings. The summed E-state index contributed by atoms with van der Waals surface area (Å²) in [7, 11) is 0. The van der Waals surface area contributed by atoms with Gasteiger partial charge in [-0.3, -0.25) is 4.79 Å². The average Bonchev–Trinajstić information content (AvgIpc) is 2.91. The molecule has 0 aromatic carbocycles. The third kappa shape index (κ3) is 3.70. The molecule has 2 heterocycles. The zero-order chi connectivity index (χ0) is 12.8. The van der Waals surface area contributed by atoms with E-state index in [9.17, 15) is 4.79 Å². The zero-order valence-electron chi connectivity index (χ0n) is 10.3. The fraction of sp³-hybridized carbons (Fsp3) is 0.615. The van der Waals surface area contributed by atoms with Crippen LogP contribution in [-0.4, -0.2) is 42.5 Å². The van der Waals surface area contributed by atoms with Crippen molar-refractivity contribution in [3.05, 3.63) is 22.4 Å². The van der Waals surface area contributed by atoms with E-state index in [0.717, 1.165) is 12.8 Å². The molecule has 1 aromatic heterocycles. The third-order valence-corrected chi connectivity index (χ3v) is 4.41. The van der Waals surface area contributed by atoms with E-state index in [1.54, 1.807) is 11.3 Å². The van der Waals surface area contributed by atoms with E-state index < -0.39 is 0 Å². The Labute approximate surface area is 117 Å². The lowest BCUT2D eigenvalue weighted by atomic mass is 10.1. The van der Waals surface area contributed by atoms with Crippen molar-refractivity contribution in [2.24, 2.45) is 0 Å². The molecular formula is C13H18ClNO2S. The first-order valence-electron chi connectivity index (χ1n) is 6.27. The summed E-state index contributed by atoms with van der Waals surface area (Å²) in [6, 6.07) is 4.22. The Morgan fingerprint density at radius 3 is 3.22 bits per heavy atom. The van der Waals surface area contributed by atoms with E-state index in [1.165, 1.54) is 4.88 Å². The Hall–Kier alpha value is -0.580. The number of halogens is 1. The maximum absolute atomic E-state index is 12.1. The Bertz CT molecular complexity index is 369. The lowest BCUT2D eigenvalue weighted by Gasteiger charge is -2.34. The molecule has 1 unspecified atom stereocenters. The molecule has 2 rings (SSSR count). The minimum Gasteiger partial charge on any atom is -0.377 e. The van der Waals surface area contributed by atoms with Crippen molar-refractivity contribution in [1.29, 1.82) is 0 Å². The maximum atomic E-state index is 12.1. The molecule has 0 spiro atoms. The van der Waals surface area contributed by atoms with Crippen LogP contribution >= 0.6 is 22.9 Å². The van der Waals surface area contributed by atoms with Gasteiger partial charge in [-0.05, 0) is 24.3 Å². The Morgan fingerprint density at radius 1 is 1.61 bits per heavy atom. The topological polar surface area (TPSA) is 29.5 Å². The largest absolute Gasteiger partial charge is 0.377 e. The van der Waals surface area contributed by atoms with Gasteiger partial charge in [0.05, 0.1) is 19.3 Å². The van der Waals surface area contributed by atoms with Gasteiger partial charge in [0.1, 0.15) is 0 Å². The van der Waals surface area contributed by atoms with Crippen LogP contribution in [0.1, 0.15) is 17.7 Å². The van der Waals surface area contributed by atoms with Gasteiger partial charge in [0, 0.05) is 23.7 Å². The van der Waals surface area contributed by atoms with E-state index in [-0.39, 0.29) is 11.9 Å². The first-order chi connectivity index (χ1) is 8.81. The highest BCUT2D eigenvalue weighted by Crippen LogP contribution is 2.15. The van der Waals surface area contributed by atoms with Gasteiger partial charge in [0.15, 0.2) is 0 Å². The summed E-state index contributed by atoms with van der Waals surface area (Å²) in [6.07, 6.45) is 2.50. The molecule has 3 nitrogen and oxygen atoms in total. The van der Waals surface area contributed by atoms with Gasteiger partial charge in [0.25, 0.3) is 0 Å². The van der Waals surface area contributed by atoms with E-state index in [0.29, 0.717) is 32.1 Å². The van der Waals surface area contributed by atoms with Crippen molar-refractivity contribution in [3.8, 4) is 0 Å². The summed E-state index contributed by atoms with van der Waals surface area (Å²) in [4.78, 5) is 15.3. The Morgan fingerprint density at radius 2 is 2.50 bits per heavy atom. The number of carbonyl (C=O) groups is 1. The van der Waals surface area contributed by atoms with Crippen LogP contribution in [0.2, 0.25) is 0 Å². The number of nitrogens with zero attached hydrogens (tertiary/aromatic N) is 1. The first-order valence-corrected chi connectivity index (χ1v) is 7.68. The summed E-state index contributed by atoms with van der Waals surface area (Å²) >= 11 is 7.61. The summed E-state index contributed by atoms with van der Waals surface area (Å²) < 4.78 is 5.34.